The van der Waals surface area contributed by atoms with Gasteiger partial charge in [-0.15, -0.1) is 11.3 Å². The molecule has 3 saturated heterocycles. The van der Waals surface area contributed by atoms with E-state index in [4.69, 9.17) is 9.26 Å². The molecule has 3 aromatic rings. The van der Waals surface area contributed by atoms with Crippen molar-refractivity contribution < 1.29 is 50.6 Å². The second-order valence-electron chi connectivity index (χ2n) is 19.7. The predicted molar refractivity (Wildman–Crippen MR) is 242 cm³/mol. The zero-order chi connectivity index (χ0) is 46.7. The highest BCUT2D eigenvalue weighted by Crippen LogP contribution is 2.61. The molecule has 9 rings (SSSR count). The Labute approximate surface area is 387 Å². The highest BCUT2D eigenvalue weighted by atomic mass is 32.1. The largest absolute Gasteiger partial charge is 0.465 e. The van der Waals surface area contributed by atoms with Crippen LogP contribution in [0, 0.1) is 5.92 Å². The molecule has 3 amide bonds. The van der Waals surface area contributed by atoms with Gasteiger partial charge in [-0.1, -0.05) is 43.3 Å². The highest BCUT2D eigenvalue weighted by molar-refractivity contribution is 7.57. The third-order valence-electron chi connectivity index (χ3n) is 15.0. The molecule has 6 fully saturated rings. The van der Waals surface area contributed by atoms with Crippen LogP contribution < -0.4 is 10.4 Å². The summed E-state index contributed by atoms with van der Waals surface area (Å²) in [5.41, 5.74) is 0.979. The highest BCUT2D eigenvalue weighted by Gasteiger charge is 2.59. The Morgan fingerprint density at radius 1 is 0.985 bits per heavy atom. The minimum absolute atomic E-state index is 0.00985. The number of likely N-dealkylation sites (tertiary alicyclic amines) is 1. The smallest absolute Gasteiger partial charge is 0.391 e. The van der Waals surface area contributed by atoms with Crippen LogP contribution in [0.5, 0.6) is 0 Å². The van der Waals surface area contributed by atoms with Crippen LogP contribution in [0.1, 0.15) is 130 Å². The van der Waals surface area contributed by atoms with Crippen LogP contribution in [0.2, 0.25) is 0 Å². The summed E-state index contributed by atoms with van der Waals surface area (Å²) in [5, 5.41) is 6.09. The first kappa shape index (κ1) is 47.2. The molecule has 4 heterocycles. The molecule has 1 aromatic heterocycles. The Morgan fingerprint density at radius 3 is 2.41 bits per heavy atom. The van der Waals surface area contributed by atoms with E-state index in [2.05, 4.69) is 22.5 Å². The van der Waals surface area contributed by atoms with Gasteiger partial charge in [0.25, 0.3) is 5.91 Å². The molecule has 3 aliphatic carbocycles. The molecule has 0 radical (unpaired) electrons. The number of ether oxygens (including phenoxy) is 1. The molecule has 2 N–H and O–H groups in total. The maximum absolute atomic E-state index is 16.4. The normalized spacial score (nSPS) is 29.2. The number of amides is 3. The van der Waals surface area contributed by atoms with Crippen molar-refractivity contribution in [2.75, 3.05) is 20.2 Å². The molecule has 358 valence electrons. The van der Waals surface area contributed by atoms with Crippen molar-refractivity contribution in [3.05, 3.63) is 70.6 Å². The van der Waals surface area contributed by atoms with Crippen LogP contribution in [-0.2, 0) is 28.2 Å². The van der Waals surface area contributed by atoms with E-state index in [1.54, 1.807) is 17.0 Å². The number of nitrogens with one attached hydrogen (secondary N) is 2. The van der Waals surface area contributed by atoms with Gasteiger partial charge < -0.3 is 29.3 Å². The summed E-state index contributed by atoms with van der Waals surface area (Å²) in [4.78, 5) is 62.5. The lowest BCUT2D eigenvalue weighted by Gasteiger charge is -2.47. The first-order valence-electron chi connectivity index (χ1n) is 23.6. The molecule has 18 heteroatoms. The molecule has 2 aromatic carbocycles. The average molecular weight is 958 g/mol. The second-order valence-corrected chi connectivity index (χ2v) is 22.9. The molecule has 6 aliphatic rings. The van der Waals surface area contributed by atoms with Gasteiger partial charge in [-0.05, 0) is 132 Å². The monoisotopic (exact) mass is 957 g/mol. The number of halogens is 4. The quantitative estimate of drug-likeness (QED) is 0.0869. The topological polar surface area (TPSA) is 138 Å². The predicted octanol–water partition coefficient (Wildman–Crippen LogP) is 9.00. The van der Waals surface area contributed by atoms with Crippen molar-refractivity contribution in [2.24, 2.45) is 5.92 Å². The average Bonchev–Trinajstić information content (AvgIpc) is 4.10. The van der Waals surface area contributed by atoms with E-state index < -0.39 is 61.6 Å². The van der Waals surface area contributed by atoms with Crippen LogP contribution in [0.4, 0.5) is 17.6 Å². The summed E-state index contributed by atoms with van der Waals surface area (Å²) in [6.45, 7) is 4.01. The maximum atomic E-state index is 16.4. The van der Waals surface area contributed by atoms with Crippen molar-refractivity contribution in [3.8, 4) is 0 Å². The van der Waals surface area contributed by atoms with E-state index in [0.29, 0.717) is 61.6 Å². The Morgan fingerprint density at radius 2 is 1.73 bits per heavy atom. The van der Waals surface area contributed by atoms with Crippen molar-refractivity contribution in [1.29, 1.82) is 0 Å². The Hall–Kier alpha value is -3.89. The fourth-order valence-corrected chi connectivity index (χ4v) is 13.9. The lowest BCUT2D eigenvalue weighted by Crippen LogP contribution is -2.60. The van der Waals surface area contributed by atoms with Gasteiger partial charge in [0.2, 0.25) is 17.7 Å². The summed E-state index contributed by atoms with van der Waals surface area (Å²) in [6.07, 6.45) is 2.06. The lowest BCUT2D eigenvalue weighted by atomic mass is 9.77. The maximum Gasteiger partial charge on any atom is 0.391 e. The van der Waals surface area contributed by atoms with E-state index in [9.17, 15) is 36.9 Å². The van der Waals surface area contributed by atoms with Crippen molar-refractivity contribution >= 4 is 52.6 Å². The number of thiophene rings is 1. The Bertz CT molecular complexity index is 2360. The van der Waals surface area contributed by atoms with Gasteiger partial charge >= 0.3 is 19.7 Å². The van der Waals surface area contributed by atoms with Crippen LogP contribution in [0.15, 0.2) is 54.6 Å². The number of esters is 1. The molecule has 3 aliphatic heterocycles. The lowest BCUT2D eigenvalue weighted by molar-refractivity contribution is -0.207. The molecule has 0 bridgehead atoms. The first-order chi connectivity index (χ1) is 31.5. The summed E-state index contributed by atoms with van der Waals surface area (Å²) in [7, 11) is -2.44. The third-order valence-corrected chi connectivity index (χ3v) is 18.4. The fourth-order valence-electron chi connectivity index (χ4n) is 10.8. The van der Waals surface area contributed by atoms with Gasteiger partial charge in [0, 0.05) is 40.8 Å². The van der Waals surface area contributed by atoms with Crippen molar-refractivity contribution in [2.45, 2.75) is 163 Å². The van der Waals surface area contributed by atoms with Gasteiger partial charge in [0.15, 0.2) is 0 Å². The SMILES string of the molecule is CCCOC(=O)[C@H](C)NP(=O)(OC1CC1)[C@@H](F)c1ccc2sc(C(=O)N[C@H]3CC[C@H](N(C)C4CC(C(F)(F)F)C4)C[C@H]4CC[C@@H](C(=O)N5C[C@H](c6ccccc6)CC56CC6)N4C3=O)cc2c1. The fraction of sp³-hybridized carbons (Fsp3) is 0.625. The minimum atomic E-state index is -4.29. The van der Waals surface area contributed by atoms with Crippen LogP contribution in [-0.4, -0.2) is 113 Å². The number of alkyl halides is 4. The summed E-state index contributed by atoms with van der Waals surface area (Å²) in [5.74, 6) is -4.93. The summed E-state index contributed by atoms with van der Waals surface area (Å²) in [6, 6.07) is 12.7. The van der Waals surface area contributed by atoms with E-state index in [1.807, 2.05) is 42.0 Å². The number of fused-ring (bicyclic) bond motifs is 2. The van der Waals surface area contributed by atoms with Crippen molar-refractivity contribution in [1.82, 2.24) is 25.1 Å². The van der Waals surface area contributed by atoms with Crippen LogP contribution >= 0.6 is 18.9 Å². The minimum Gasteiger partial charge on any atom is -0.465 e. The van der Waals surface area contributed by atoms with Gasteiger partial charge in [0.05, 0.1) is 23.5 Å². The Kier molecular flexibility index (Phi) is 13.3. The number of hydrogen-bond donors (Lipinski definition) is 2. The number of carbonyl (C=O) groups is 4. The molecule has 8 atom stereocenters. The number of rotatable bonds is 15. The van der Waals surface area contributed by atoms with Crippen molar-refractivity contribution in [3.63, 3.8) is 0 Å². The first-order valence-corrected chi connectivity index (χ1v) is 26.2. The third kappa shape index (κ3) is 9.57. The summed E-state index contributed by atoms with van der Waals surface area (Å²) >= 11 is 1.15. The van der Waals surface area contributed by atoms with E-state index >= 15 is 4.39 Å². The van der Waals surface area contributed by atoms with E-state index in [-0.39, 0.29) is 77.7 Å². The van der Waals surface area contributed by atoms with Gasteiger partial charge in [-0.2, -0.15) is 13.2 Å². The number of hydrogen-bond acceptors (Lipinski definition) is 9. The molecule has 12 nitrogen and oxygen atoms in total. The van der Waals surface area contributed by atoms with Crippen LogP contribution in [0.25, 0.3) is 10.1 Å². The number of carbonyl (C=O) groups excluding carboxylic acids is 4. The molecular weight excluding hydrogens is 898 g/mol. The van der Waals surface area contributed by atoms with Gasteiger partial charge in [-0.3, -0.25) is 23.7 Å². The van der Waals surface area contributed by atoms with E-state index in [0.717, 1.165) is 30.6 Å². The number of nitrogens with zero attached hydrogens (tertiary/aromatic N) is 3. The standard InChI is InChI=1S/C48H60F4N5O7PS/c1-4-20-63-46(61)28(2)54-65(62,64-37-13-14-37)42(49)30-10-17-40-31(21-30)22-41(66-40)43(58)53-38-15-11-34(55(3)36-23-33(24-36)48(50,51)52)25-35-12-16-39(57(35)44(38)59)45(60)56-27-32(26-47(56)18-19-47)29-8-6-5-7-9-29/h5-10,17,21-22,28,32-39,42H,4,11-16,18-20,23-27H2,1-3H3,(H,53,58)(H,54,62)/t28-,32+,33?,34-,35+,36?,38-,39-,42+,65?/m0/s1. The molecular formula is C48H60F4N5O7PS. The molecule has 1 unspecified atom stereocenters. The molecule has 3 saturated carbocycles. The summed E-state index contributed by atoms with van der Waals surface area (Å²) < 4.78 is 82.8. The van der Waals surface area contributed by atoms with Gasteiger partial charge in [0.1, 0.15) is 18.1 Å². The zero-order valence-electron chi connectivity index (χ0n) is 37.6. The molecule has 66 heavy (non-hydrogen) atoms. The molecule has 1 spiro atoms. The number of benzene rings is 2. The van der Waals surface area contributed by atoms with Crippen LogP contribution in [0.3, 0.4) is 0 Å². The second kappa shape index (κ2) is 18.5. The Balaban J connectivity index is 0.945. The van der Waals surface area contributed by atoms with E-state index in [1.165, 1.54) is 24.6 Å². The zero-order valence-corrected chi connectivity index (χ0v) is 39.4. The van der Waals surface area contributed by atoms with Gasteiger partial charge in [-0.25, -0.2) is 9.48 Å².